The molecule has 0 unspecified atom stereocenters. The molecule has 2 aliphatic carbocycles. The van der Waals surface area contributed by atoms with Gasteiger partial charge >= 0.3 is 0 Å². The Balaban J connectivity index is 1.73. The molecule has 0 aliphatic heterocycles. The van der Waals surface area contributed by atoms with E-state index < -0.39 is 0 Å². The fraction of sp³-hybridized carbons (Fsp3) is 1.00. The van der Waals surface area contributed by atoms with E-state index in [2.05, 4.69) is 6.92 Å². The number of hydrogen-bond acceptors (Lipinski definition) is 1. The minimum Gasteiger partial charge on any atom is -0.393 e. The van der Waals surface area contributed by atoms with Gasteiger partial charge in [-0.05, 0) is 49.9 Å². The topological polar surface area (TPSA) is 20.2 Å². The van der Waals surface area contributed by atoms with Gasteiger partial charge in [0.15, 0.2) is 0 Å². The zero-order chi connectivity index (χ0) is 11.4. The summed E-state index contributed by atoms with van der Waals surface area (Å²) in [5.41, 5.74) is 0. The zero-order valence-corrected chi connectivity index (χ0v) is 10.8. The Hall–Kier alpha value is -0.0400. The van der Waals surface area contributed by atoms with Gasteiger partial charge < -0.3 is 5.11 Å². The van der Waals surface area contributed by atoms with E-state index in [4.69, 9.17) is 0 Å². The van der Waals surface area contributed by atoms with Crippen LogP contribution < -0.4 is 0 Å². The van der Waals surface area contributed by atoms with Gasteiger partial charge in [0.05, 0.1) is 6.10 Å². The molecular weight excluding hydrogens is 196 g/mol. The Labute approximate surface area is 101 Å². The average molecular weight is 224 g/mol. The second kappa shape index (κ2) is 6.05. The molecule has 4 atom stereocenters. The largest absolute Gasteiger partial charge is 0.393 e. The van der Waals surface area contributed by atoms with Crippen molar-refractivity contribution in [1.29, 1.82) is 0 Å². The summed E-state index contributed by atoms with van der Waals surface area (Å²) in [6.45, 7) is 2.29. The van der Waals surface area contributed by atoms with E-state index in [1.54, 1.807) is 0 Å². The van der Waals surface area contributed by atoms with E-state index in [0.29, 0.717) is 0 Å². The lowest BCUT2D eigenvalue weighted by molar-refractivity contribution is 0.0337. The van der Waals surface area contributed by atoms with Crippen molar-refractivity contribution in [3.8, 4) is 0 Å². The number of unbranched alkanes of at least 4 members (excludes halogenated alkanes) is 2. The highest BCUT2D eigenvalue weighted by Crippen LogP contribution is 2.43. The Morgan fingerprint density at radius 2 is 1.69 bits per heavy atom. The molecule has 1 nitrogen and oxygen atoms in total. The molecule has 1 N–H and O–H groups in total. The van der Waals surface area contributed by atoms with E-state index >= 15 is 0 Å². The van der Waals surface area contributed by atoms with Crippen LogP contribution in [0.5, 0.6) is 0 Å². The van der Waals surface area contributed by atoms with Crippen molar-refractivity contribution in [1.82, 2.24) is 0 Å². The Kier molecular flexibility index (Phi) is 4.69. The molecule has 2 aliphatic rings. The predicted octanol–water partition coefficient (Wildman–Crippen LogP) is 4.14. The standard InChI is InChI=1S/C15H28O/c1-2-3-4-5-12-6-7-14-11-15(16)9-8-13(14)10-12/h12-16H,2-11H2,1H3/t12-,13+,14-,15+/m0/s1. The van der Waals surface area contributed by atoms with Crippen LogP contribution in [0.15, 0.2) is 0 Å². The van der Waals surface area contributed by atoms with Crippen LogP contribution in [0.25, 0.3) is 0 Å². The van der Waals surface area contributed by atoms with E-state index in [0.717, 1.165) is 30.6 Å². The normalized spacial score (nSPS) is 39.4. The van der Waals surface area contributed by atoms with Gasteiger partial charge in [-0.2, -0.15) is 0 Å². The molecule has 0 spiro atoms. The van der Waals surface area contributed by atoms with Crippen LogP contribution >= 0.6 is 0 Å². The van der Waals surface area contributed by atoms with Crippen molar-refractivity contribution >= 4 is 0 Å². The quantitative estimate of drug-likeness (QED) is 0.711. The van der Waals surface area contributed by atoms with E-state index in [1.165, 1.54) is 51.4 Å². The van der Waals surface area contributed by atoms with Crippen molar-refractivity contribution in [3.63, 3.8) is 0 Å². The summed E-state index contributed by atoms with van der Waals surface area (Å²) < 4.78 is 0. The maximum absolute atomic E-state index is 9.69. The Morgan fingerprint density at radius 1 is 0.938 bits per heavy atom. The summed E-state index contributed by atoms with van der Waals surface area (Å²) in [4.78, 5) is 0. The van der Waals surface area contributed by atoms with Crippen LogP contribution in [0.2, 0.25) is 0 Å². The average Bonchev–Trinajstić information content (AvgIpc) is 2.29. The third-order valence-corrected chi connectivity index (χ3v) is 4.91. The number of fused-ring (bicyclic) bond motifs is 1. The minimum absolute atomic E-state index is 0.0258. The lowest BCUT2D eigenvalue weighted by Gasteiger charge is -2.41. The first-order chi connectivity index (χ1) is 7.79. The third kappa shape index (κ3) is 3.23. The molecule has 0 amide bonds. The summed E-state index contributed by atoms with van der Waals surface area (Å²) in [5, 5.41) is 9.69. The van der Waals surface area contributed by atoms with E-state index in [1.807, 2.05) is 0 Å². The molecule has 2 rings (SSSR count). The van der Waals surface area contributed by atoms with Crippen molar-refractivity contribution < 1.29 is 5.11 Å². The third-order valence-electron chi connectivity index (χ3n) is 4.91. The predicted molar refractivity (Wildman–Crippen MR) is 68.3 cm³/mol. The summed E-state index contributed by atoms with van der Waals surface area (Å²) in [7, 11) is 0. The van der Waals surface area contributed by atoms with Crippen LogP contribution in [-0.4, -0.2) is 11.2 Å². The van der Waals surface area contributed by atoms with Crippen LogP contribution in [0.4, 0.5) is 0 Å². The first-order valence-electron chi connectivity index (χ1n) is 7.47. The molecule has 0 radical (unpaired) electrons. The fourth-order valence-electron chi connectivity index (χ4n) is 3.91. The van der Waals surface area contributed by atoms with Gasteiger partial charge in [0.2, 0.25) is 0 Å². The molecule has 16 heavy (non-hydrogen) atoms. The molecule has 0 aromatic heterocycles. The molecule has 0 bridgehead atoms. The molecule has 0 saturated heterocycles. The molecule has 2 fully saturated rings. The highest BCUT2D eigenvalue weighted by molar-refractivity contribution is 4.85. The maximum Gasteiger partial charge on any atom is 0.0543 e. The van der Waals surface area contributed by atoms with Gasteiger partial charge in [0, 0.05) is 0 Å². The molecule has 1 heteroatoms. The molecular formula is C15H28O. The molecule has 0 heterocycles. The van der Waals surface area contributed by atoms with Crippen molar-refractivity contribution in [2.24, 2.45) is 17.8 Å². The number of rotatable bonds is 4. The summed E-state index contributed by atoms with van der Waals surface area (Å²) >= 11 is 0. The molecule has 0 aromatic carbocycles. The van der Waals surface area contributed by atoms with Gasteiger partial charge in [0.1, 0.15) is 0 Å². The lowest BCUT2D eigenvalue weighted by atomic mass is 9.66. The van der Waals surface area contributed by atoms with E-state index in [-0.39, 0.29) is 6.10 Å². The number of aliphatic hydroxyl groups excluding tert-OH is 1. The Morgan fingerprint density at radius 3 is 2.50 bits per heavy atom. The highest BCUT2D eigenvalue weighted by atomic mass is 16.3. The first-order valence-corrected chi connectivity index (χ1v) is 7.47. The SMILES string of the molecule is CCCCC[C@H]1CC[C@H]2C[C@H](O)CC[C@@H]2C1. The molecule has 94 valence electrons. The fourth-order valence-corrected chi connectivity index (χ4v) is 3.91. The molecule has 2 saturated carbocycles. The monoisotopic (exact) mass is 224 g/mol. The van der Waals surface area contributed by atoms with Gasteiger partial charge in [-0.3, -0.25) is 0 Å². The Bertz CT molecular complexity index is 202. The zero-order valence-electron chi connectivity index (χ0n) is 10.8. The summed E-state index contributed by atoms with van der Waals surface area (Å²) in [6.07, 6.45) is 13.5. The van der Waals surface area contributed by atoms with Crippen molar-refractivity contribution in [2.75, 3.05) is 0 Å². The van der Waals surface area contributed by atoms with Crippen LogP contribution in [-0.2, 0) is 0 Å². The van der Waals surface area contributed by atoms with Gasteiger partial charge in [-0.15, -0.1) is 0 Å². The first kappa shape index (κ1) is 12.4. The summed E-state index contributed by atoms with van der Waals surface area (Å²) in [5.74, 6) is 2.85. The van der Waals surface area contributed by atoms with E-state index in [9.17, 15) is 5.11 Å². The van der Waals surface area contributed by atoms with Crippen molar-refractivity contribution in [3.05, 3.63) is 0 Å². The van der Waals surface area contributed by atoms with Crippen LogP contribution in [0.1, 0.15) is 71.1 Å². The van der Waals surface area contributed by atoms with Gasteiger partial charge in [-0.25, -0.2) is 0 Å². The minimum atomic E-state index is 0.0258. The lowest BCUT2D eigenvalue weighted by Crippen LogP contribution is -2.33. The number of aliphatic hydroxyl groups is 1. The molecule has 0 aromatic rings. The van der Waals surface area contributed by atoms with Crippen LogP contribution in [0.3, 0.4) is 0 Å². The highest BCUT2D eigenvalue weighted by Gasteiger charge is 2.34. The number of hydrogen-bond donors (Lipinski definition) is 1. The van der Waals surface area contributed by atoms with Gasteiger partial charge in [0.25, 0.3) is 0 Å². The maximum atomic E-state index is 9.69. The van der Waals surface area contributed by atoms with Crippen molar-refractivity contribution in [2.45, 2.75) is 77.2 Å². The second-order valence-electron chi connectivity index (χ2n) is 6.16. The smallest absolute Gasteiger partial charge is 0.0543 e. The summed E-state index contributed by atoms with van der Waals surface area (Å²) in [6, 6.07) is 0. The van der Waals surface area contributed by atoms with Gasteiger partial charge in [-0.1, -0.05) is 39.0 Å². The van der Waals surface area contributed by atoms with Crippen LogP contribution in [0, 0.1) is 17.8 Å². The second-order valence-corrected chi connectivity index (χ2v) is 6.16.